The van der Waals surface area contributed by atoms with Gasteiger partial charge >= 0.3 is 0 Å². The number of ether oxygens (including phenoxy) is 1. The van der Waals surface area contributed by atoms with Crippen LogP contribution in [0.25, 0.3) is 27.2 Å². The van der Waals surface area contributed by atoms with E-state index in [-0.39, 0.29) is 0 Å². The Bertz CT molecular complexity index is 940. The van der Waals surface area contributed by atoms with Gasteiger partial charge in [-0.25, -0.2) is 4.85 Å². The van der Waals surface area contributed by atoms with E-state index in [1.54, 1.807) is 6.20 Å². The van der Waals surface area contributed by atoms with E-state index in [4.69, 9.17) is 11.3 Å². The molecule has 1 aliphatic rings. The average molecular weight is 355 g/mol. The zero-order chi connectivity index (χ0) is 18.5. The lowest BCUT2D eigenvalue weighted by Crippen LogP contribution is -2.35. The monoisotopic (exact) mass is 355 g/mol. The molecular formula is C23H21N3O. The van der Waals surface area contributed by atoms with Crippen molar-refractivity contribution in [1.82, 2.24) is 9.88 Å². The number of benzene rings is 2. The molecule has 0 aliphatic carbocycles. The van der Waals surface area contributed by atoms with Gasteiger partial charge in [0, 0.05) is 31.4 Å². The summed E-state index contributed by atoms with van der Waals surface area (Å²) in [5.41, 5.74) is 5.89. The highest BCUT2D eigenvalue weighted by molar-refractivity contribution is 5.82. The second-order valence-electron chi connectivity index (χ2n) is 6.65. The van der Waals surface area contributed by atoms with Crippen LogP contribution in [0.1, 0.15) is 5.56 Å². The first-order valence-corrected chi connectivity index (χ1v) is 9.16. The maximum atomic E-state index is 7.30. The van der Waals surface area contributed by atoms with Crippen molar-refractivity contribution in [3.63, 3.8) is 0 Å². The Hall–Kier alpha value is -3.00. The van der Waals surface area contributed by atoms with E-state index < -0.39 is 0 Å². The van der Waals surface area contributed by atoms with Crippen LogP contribution in [0.5, 0.6) is 0 Å². The molecule has 0 radical (unpaired) electrons. The van der Waals surface area contributed by atoms with Gasteiger partial charge in [-0.05, 0) is 22.8 Å². The van der Waals surface area contributed by atoms with E-state index in [0.717, 1.165) is 55.2 Å². The zero-order valence-corrected chi connectivity index (χ0v) is 15.1. The van der Waals surface area contributed by atoms with Crippen molar-refractivity contribution in [2.75, 3.05) is 26.3 Å². The SMILES string of the molecule is [C-]#[N+]c1cnc(-c2ccc(CN3CCOCC3)cc2)c(-c2ccccc2)c1. The van der Waals surface area contributed by atoms with Crippen LogP contribution >= 0.6 is 0 Å². The fraction of sp³-hybridized carbons (Fsp3) is 0.217. The molecule has 4 rings (SSSR count). The molecule has 0 N–H and O–H groups in total. The Kier molecular flexibility index (Phi) is 5.24. The third-order valence-corrected chi connectivity index (χ3v) is 4.82. The number of hydrogen-bond donors (Lipinski definition) is 0. The Labute approximate surface area is 159 Å². The molecule has 0 spiro atoms. The molecule has 1 aromatic heterocycles. The van der Waals surface area contributed by atoms with Crippen molar-refractivity contribution in [3.8, 4) is 22.4 Å². The summed E-state index contributed by atoms with van der Waals surface area (Å²) in [7, 11) is 0. The van der Waals surface area contributed by atoms with E-state index in [2.05, 4.69) is 51.1 Å². The first-order chi connectivity index (χ1) is 13.3. The van der Waals surface area contributed by atoms with E-state index in [9.17, 15) is 0 Å². The van der Waals surface area contributed by atoms with Crippen LogP contribution in [0, 0.1) is 6.57 Å². The summed E-state index contributed by atoms with van der Waals surface area (Å²) >= 11 is 0. The standard InChI is InChI=1S/C23H21N3O/c1-24-21-15-22(19-5-3-2-4-6-19)23(25-16-21)20-9-7-18(8-10-20)17-26-11-13-27-14-12-26/h2-10,15-16H,11-14,17H2. The smallest absolute Gasteiger partial charge is 0.205 e. The van der Waals surface area contributed by atoms with Gasteiger partial charge in [0.25, 0.3) is 0 Å². The lowest BCUT2D eigenvalue weighted by atomic mass is 9.98. The summed E-state index contributed by atoms with van der Waals surface area (Å²) in [5.74, 6) is 0. The molecule has 0 bridgehead atoms. The minimum atomic E-state index is 0.557. The first kappa shape index (κ1) is 17.4. The van der Waals surface area contributed by atoms with Crippen LogP contribution in [0.4, 0.5) is 5.69 Å². The summed E-state index contributed by atoms with van der Waals surface area (Å²) in [4.78, 5) is 10.6. The predicted molar refractivity (Wildman–Crippen MR) is 107 cm³/mol. The molecule has 1 saturated heterocycles. The summed E-state index contributed by atoms with van der Waals surface area (Å²) < 4.78 is 5.42. The minimum absolute atomic E-state index is 0.557. The van der Waals surface area contributed by atoms with Crippen LogP contribution in [0.15, 0.2) is 66.9 Å². The molecule has 1 aliphatic heterocycles. The quantitative estimate of drug-likeness (QED) is 0.630. The van der Waals surface area contributed by atoms with Gasteiger partial charge in [-0.15, -0.1) is 0 Å². The fourth-order valence-corrected chi connectivity index (χ4v) is 3.37. The number of morpholine rings is 1. The minimum Gasteiger partial charge on any atom is -0.379 e. The first-order valence-electron chi connectivity index (χ1n) is 9.16. The molecule has 0 unspecified atom stereocenters. The number of aromatic nitrogens is 1. The highest BCUT2D eigenvalue weighted by Crippen LogP contribution is 2.33. The molecule has 4 nitrogen and oxygen atoms in total. The lowest BCUT2D eigenvalue weighted by Gasteiger charge is -2.26. The summed E-state index contributed by atoms with van der Waals surface area (Å²) in [6.07, 6.45) is 1.65. The van der Waals surface area contributed by atoms with Gasteiger partial charge in [0.05, 0.1) is 25.5 Å². The van der Waals surface area contributed by atoms with Crippen LogP contribution in [0.3, 0.4) is 0 Å². The van der Waals surface area contributed by atoms with Crippen molar-refractivity contribution in [1.29, 1.82) is 0 Å². The molecule has 0 amide bonds. The summed E-state index contributed by atoms with van der Waals surface area (Å²) in [6.45, 7) is 11.8. The lowest BCUT2D eigenvalue weighted by molar-refractivity contribution is 0.0342. The van der Waals surface area contributed by atoms with E-state index in [1.165, 1.54) is 5.56 Å². The number of nitrogens with zero attached hydrogens (tertiary/aromatic N) is 3. The molecule has 4 heteroatoms. The molecule has 27 heavy (non-hydrogen) atoms. The third kappa shape index (κ3) is 4.06. The van der Waals surface area contributed by atoms with Crippen molar-refractivity contribution in [2.24, 2.45) is 0 Å². The predicted octanol–water partition coefficient (Wildman–Crippen LogP) is 4.80. The van der Waals surface area contributed by atoms with Crippen LogP contribution < -0.4 is 0 Å². The largest absolute Gasteiger partial charge is 0.379 e. The van der Waals surface area contributed by atoms with E-state index in [1.807, 2.05) is 24.3 Å². The van der Waals surface area contributed by atoms with Gasteiger partial charge in [0.15, 0.2) is 0 Å². The highest BCUT2D eigenvalue weighted by Gasteiger charge is 2.13. The number of pyridine rings is 1. The van der Waals surface area contributed by atoms with Crippen molar-refractivity contribution in [2.45, 2.75) is 6.54 Å². The Balaban J connectivity index is 1.64. The van der Waals surface area contributed by atoms with Gasteiger partial charge in [-0.1, -0.05) is 54.6 Å². The van der Waals surface area contributed by atoms with Gasteiger partial charge in [0.2, 0.25) is 5.69 Å². The fourth-order valence-electron chi connectivity index (χ4n) is 3.37. The van der Waals surface area contributed by atoms with Gasteiger partial charge in [0.1, 0.15) is 0 Å². The topological polar surface area (TPSA) is 29.7 Å². The Morgan fingerprint density at radius 1 is 0.963 bits per heavy atom. The van der Waals surface area contributed by atoms with Crippen molar-refractivity contribution < 1.29 is 4.74 Å². The molecule has 2 heterocycles. The van der Waals surface area contributed by atoms with Crippen LogP contribution in [-0.4, -0.2) is 36.2 Å². The molecule has 134 valence electrons. The molecule has 3 aromatic rings. The second-order valence-corrected chi connectivity index (χ2v) is 6.65. The van der Waals surface area contributed by atoms with Crippen LogP contribution in [0.2, 0.25) is 0 Å². The molecular weight excluding hydrogens is 334 g/mol. The molecule has 1 fully saturated rings. The zero-order valence-electron chi connectivity index (χ0n) is 15.1. The Morgan fingerprint density at radius 2 is 1.70 bits per heavy atom. The maximum Gasteiger partial charge on any atom is 0.205 e. The normalized spacial score (nSPS) is 14.6. The molecule has 0 atom stereocenters. The number of rotatable bonds is 4. The maximum absolute atomic E-state index is 7.30. The van der Waals surface area contributed by atoms with E-state index >= 15 is 0 Å². The average Bonchev–Trinajstić information content (AvgIpc) is 2.75. The van der Waals surface area contributed by atoms with Gasteiger partial charge in [-0.3, -0.25) is 9.88 Å². The summed E-state index contributed by atoms with van der Waals surface area (Å²) in [6, 6.07) is 20.6. The van der Waals surface area contributed by atoms with Crippen LogP contribution in [-0.2, 0) is 11.3 Å². The van der Waals surface area contributed by atoms with Crippen molar-refractivity contribution in [3.05, 3.63) is 83.8 Å². The summed E-state index contributed by atoms with van der Waals surface area (Å²) in [5, 5.41) is 0. The van der Waals surface area contributed by atoms with Gasteiger partial charge < -0.3 is 4.74 Å². The van der Waals surface area contributed by atoms with Crippen molar-refractivity contribution >= 4 is 5.69 Å². The highest BCUT2D eigenvalue weighted by atomic mass is 16.5. The number of hydrogen-bond acceptors (Lipinski definition) is 3. The third-order valence-electron chi connectivity index (χ3n) is 4.82. The Morgan fingerprint density at radius 3 is 2.41 bits per heavy atom. The molecule has 0 saturated carbocycles. The molecule has 2 aromatic carbocycles. The second kappa shape index (κ2) is 8.13. The van der Waals surface area contributed by atoms with Gasteiger partial charge in [-0.2, -0.15) is 0 Å². The van der Waals surface area contributed by atoms with E-state index in [0.29, 0.717) is 5.69 Å².